The van der Waals surface area contributed by atoms with E-state index in [1.165, 1.54) is 12.1 Å². The first-order valence-corrected chi connectivity index (χ1v) is 9.72. The van der Waals surface area contributed by atoms with E-state index in [-0.39, 0.29) is 23.7 Å². The van der Waals surface area contributed by atoms with Crippen molar-refractivity contribution in [3.8, 4) is 0 Å². The maximum Gasteiger partial charge on any atom is 0.321 e. The summed E-state index contributed by atoms with van der Waals surface area (Å²) in [6.45, 7) is 3.54. The van der Waals surface area contributed by atoms with Crippen molar-refractivity contribution in [3.05, 3.63) is 65.5 Å². The molecule has 1 aliphatic heterocycles. The number of hydrogen-bond acceptors (Lipinski definition) is 2. The Morgan fingerprint density at radius 2 is 1.75 bits per heavy atom. The molecule has 1 fully saturated rings. The Morgan fingerprint density at radius 3 is 2.43 bits per heavy atom. The number of nitrogens with one attached hydrogen (secondary N) is 2. The van der Waals surface area contributed by atoms with Crippen molar-refractivity contribution >= 4 is 17.6 Å². The first-order chi connectivity index (χ1) is 13.6. The number of urea groups is 1. The minimum atomic E-state index is -0.290. The number of piperidine rings is 1. The molecule has 0 aromatic heterocycles. The summed E-state index contributed by atoms with van der Waals surface area (Å²) in [5.41, 5.74) is 2.81. The molecule has 0 spiro atoms. The van der Waals surface area contributed by atoms with Crippen LogP contribution in [0.2, 0.25) is 0 Å². The second-order valence-corrected chi connectivity index (χ2v) is 7.05. The quantitative estimate of drug-likeness (QED) is 0.821. The van der Waals surface area contributed by atoms with E-state index in [1.807, 2.05) is 24.3 Å². The van der Waals surface area contributed by atoms with Crippen LogP contribution < -0.4 is 10.6 Å². The van der Waals surface area contributed by atoms with Gasteiger partial charge < -0.3 is 15.5 Å². The minimum absolute atomic E-state index is 0.0132. The van der Waals surface area contributed by atoms with Crippen LogP contribution in [0.5, 0.6) is 0 Å². The van der Waals surface area contributed by atoms with E-state index in [1.54, 1.807) is 17.0 Å². The van der Waals surface area contributed by atoms with E-state index in [4.69, 9.17) is 0 Å². The first-order valence-electron chi connectivity index (χ1n) is 9.72. The lowest BCUT2D eigenvalue weighted by Gasteiger charge is -2.31. The number of amides is 3. The number of likely N-dealkylation sites (tertiary alicyclic amines) is 1. The van der Waals surface area contributed by atoms with Gasteiger partial charge in [0.15, 0.2) is 0 Å². The number of hydrogen-bond donors (Lipinski definition) is 2. The number of rotatable bonds is 5. The van der Waals surface area contributed by atoms with Gasteiger partial charge in [0.1, 0.15) is 5.82 Å². The molecule has 0 atom stereocenters. The number of nitrogens with zero attached hydrogens (tertiary/aromatic N) is 1. The zero-order valence-corrected chi connectivity index (χ0v) is 16.1. The van der Waals surface area contributed by atoms with Gasteiger partial charge in [-0.15, -0.1) is 0 Å². The van der Waals surface area contributed by atoms with Gasteiger partial charge in [0.25, 0.3) is 0 Å². The Kier molecular flexibility index (Phi) is 6.63. The predicted molar refractivity (Wildman–Crippen MR) is 107 cm³/mol. The van der Waals surface area contributed by atoms with E-state index in [0.29, 0.717) is 32.5 Å². The lowest BCUT2D eigenvalue weighted by atomic mass is 9.96. The van der Waals surface area contributed by atoms with Crippen molar-refractivity contribution in [3.63, 3.8) is 0 Å². The molecule has 0 aliphatic carbocycles. The lowest BCUT2D eigenvalue weighted by Crippen LogP contribution is -2.44. The summed E-state index contributed by atoms with van der Waals surface area (Å²) in [5.74, 6) is -0.407. The highest BCUT2D eigenvalue weighted by Gasteiger charge is 2.27. The van der Waals surface area contributed by atoms with Gasteiger partial charge in [-0.1, -0.05) is 37.3 Å². The van der Waals surface area contributed by atoms with Crippen LogP contribution in [0.3, 0.4) is 0 Å². The normalized spacial score (nSPS) is 14.6. The minimum Gasteiger partial charge on any atom is -0.352 e. The molecule has 0 unspecified atom stereocenters. The molecular weight excluding hydrogens is 357 g/mol. The first kappa shape index (κ1) is 19.9. The monoisotopic (exact) mass is 383 g/mol. The lowest BCUT2D eigenvalue weighted by molar-refractivity contribution is -0.126. The number of benzene rings is 2. The topological polar surface area (TPSA) is 61.4 Å². The summed E-state index contributed by atoms with van der Waals surface area (Å²) >= 11 is 0. The van der Waals surface area contributed by atoms with E-state index < -0.39 is 0 Å². The van der Waals surface area contributed by atoms with Gasteiger partial charge in [-0.2, -0.15) is 0 Å². The summed E-state index contributed by atoms with van der Waals surface area (Å²) in [6.07, 6.45) is 2.13. The Balaban J connectivity index is 1.46. The number of carbonyl (C=O) groups is 2. The van der Waals surface area contributed by atoms with Crippen LogP contribution in [0.4, 0.5) is 14.9 Å². The molecule has 5 nitrogen and oxygen atoms in total. The summed E-state index contributed by atoms with van der Waals surface area (Å²) in [7, 11) is 0. The van der Waals surface area contributed by atoms with Crippen LogP contribution in [-0.2, 0) is 17.8 Å². The molecule has 1 heterocycles. The van der Waals surface area contributed by atoms with Gasteiger partial charge in [-0.05, 0) is 48.6 Å². The average Bonchev–Trinajstić information content (AvgIpc) is 2.73. The summed E-state index contributed by atoms with van der Waals surface area (Å²) < 4.78 is 12.9. The molecule has 1 saturated heterocycles. The van der Waals surface area contributed by atoms with Crippen LogP contribution in [-0.4, -0.2) is 29.9 Å². The van der Waals surface area contributed by atoms with Crippen molar-refractivity contribution in [1.29, 1.82) is 0 Å². The fourth-order valence-corrected chi connectivity index (χ4v) is 3.43. The van der Waals surface area contributed by atoms with Gasteiger partial charge in [0.05, 0.1) is 0 Å². The van der Waals surface area contributed by atoms with Gasteiger partial charge in [-0.3, -0.25) is 4.79 Å². The summed E-state index contributed by atoms with van der Waals surface area (Å²) in [5, 5.41) is 5.89. The Bertz CT molecular complexity index is 815. The predicted octanol–water partition coefficient (Wildman–Crippen LogP) is 3.95. The second kappa shape index (κ2) is 9.35. The molecule has 0 radical (unpaired) electrons. The molecule has 3 amide bonds. The molecule has 0 saturated carbocycles. The molecule has 2 N–H and O–H groups in total. The van der Waals surface area contributed by atoms with E-state index in [9.17, 15) is 14.0 Å². The maximum atomic E-state index is 12.9. The largest absolute Gasteiger partial charge is 0.352 e. The van der Waals surface area contributed by atoms with Crippen molar-refractivity contribution in [2.75, 3.05) is 18.4 Å². The summed E-state index contributed by atoms with van der Waals surface area (Å²) in [4.78, 5) is 26.7. The van der Waals surface area contributed by atoms with Crippen molar-refractivity contribution in [2.45, 2.75) is 32.7 Å². The molecule has 2 aromatic rings. The smallest absolute Gasteiger partial charge is 0.321 e. The molecule has 28 heavy (non-hydrogen) atoms. The van der Waals surface area contributed by atoms with Crippen LogP contribution in [0.1, 0.15) is 30.9 Å². The van der Waals surface area contributed by atoms with Crippen molar-refractivity contribution in [1.82, 2.24) is 10.2 Å². The molecule has 148 valence electrons. The second-order valence-electron chi connectivity index (χ2n) is 7.05. The van der Waals surface area contributed by atoms with Crippen molar-refractivity contribution in [2.24, 2.45) is 5.92 Å². The third-order valence-electron chi connectivity index (χ3n) is 5.17. The third-order valence-corrected chi connectivity index (χ3v) is 5.17. The van der Waals surface area contributed by atoms with Gasteiger partial charge in [0, 0.05) is 31.2 Å². The van der Waals surface area contributed by atoms with Crippen LogP contribution >= 0.6 is 0 Å². The van der Waals surface area contributed by atoms with E-state index >= 15 is 0 Å². The fourth-order valence-electron chi connectivity index (χ4n) is 3.43. The standard InChI is InChI=1S/C22H26FN3O2/c1-2-17-5-3-4-6-20(17)25-22(28)26-13-11-18(12-14-26)21(27)24-15-16-7-9-19(23)10-8-16/h3-10,18H,2,11-15H2,1H3,(H,24,27)(H,25,28). The van der Waals surface area contributed by atoms with Gasteiger partial charge >= 0.3 is 6.03 Å². The van der Waals surface area contributed by atoms with Crippen LogP contribution in [0.15, 0.2) is 48.5 Å². The van der Waals surface area contributed by atoms with E-state index in [2.05, 4.69) is 17.6 Å². The molecule has 2 aromatic carbocycles. The number of anilines is 1. The molecule has 6 heteroatoms. The highest BCUT2D eigenvalue weighted by molar-refractivity contribution is 5.90. The number of para-hydroxylation sites is 1. The van der Waals surface area contributed by atoms with Crippen LogP contribution in [0.25, 0.3) is 0 Å². The number of carbonyl (C=O) groups excluding carboxylic acids is 2. The summed E-state index contributed by atoms with van der Waals surface area (Å²) in [6, 6.07) is 13.8. The molecule has 3 rings (SSSR count). The van der Waals surface area contributed by atoms with Gasteiger partial charge in [-0.25, -0.2) is 9.18 Å². The van der Waals surface area contributed by atoms with E-state index in [0.717, 1.165) is 23.2 Å². The number of halogens is 1. The third kappa shape index (κ3) is 5.09. The maximum absolute atomic E-state index is 12.9. The molecular formula is C22H26FN3O2. The van der Waals surface area contributed by atoms with Gasteiger partial charge in [0.2, 0.25) is 5.91 Å². The Hall–Kier alpha value is -2.89. The number of aryl methyl sites for hydroxylation is 1. The Labute approximate surface area is 164 Å². The zero-order chi connectivity index (χ0) is 19.9. The average molecular weight is 383 g/mol. The van der Waals surface area contributed by atoms with Crippen molar-refractivity contribution < 1.29 is 14.0 Å². The van der Waals surface area contributed by atoms with Crippen LogP contribution in [0, 0.1) is 11.7 Å². The Morgan fingerprint density at radius 1 is 1.07 bits per heavy atom. The highest BCUT2D eigenvalue weighted by atomic mass is 19.1. The fraction of sp³-hybridized carbons (Fsp3) is 0.364. The zero-order valence-electron chi connectivity index (χ0n) is 16.1. The highest BCUT2D eigenvalue weighted by Crippen LogP contribution is 2.20. The molecule has 1 aliphatic rings. The molecule has 0 bridgehead atoms. The SMILES string of the molecule is CCc1ccccc1NC(=O)N1CCC(C(=O)NCc2ccc(F)cc2)CC1.